The van der Waals surface area contributed by atoms with Crippen LogP contribution in [0.1, 0.15) is 252 Å². The van der Waals surface area contributed by atoms with Gasteiger partial charge in [0.1, 0.15) is 11.5 Å². The molecular weight excluding hydrogens is 1200 g/mol. The lowest BCUT2D eigenvalue weighted by molar-refractivity contribution is -0.0000294. The first-order valence-corrected chi connectivity index (χ1v) is 46.0. The number of hydrogen-bond donors (Lipinski definition) is 0. The van der Waals surface area contributed by atoms with Crippen LogP contribution in [0.3, 0.4) is 0 Å². The highest BCUT2D eigenvalue weighted by atomic mass is 127. The third kappa shape index (κ3) is 106. The molecule has 0 rings (SSSR count). The zero-order valence-electron chi connectivity index (χ0n) is 48.5. The molecule has 0 aromatic carbocycles. The Morgan fingerprint density at radius 2 is 0.564 bits per heavy atom. The molecule has 0 aliphatic rings. The number of unbranched alkanes of at least 4 members (excludes halogenated alkanes) is 12. The van der Waals surface area contributed by atoms with Gasteiger partial charge in [0, 0.05) is 28.4 Å². The third-order valence-corrected chi connectivity index (χ3v) is 32.8. The van der Waals surface area contributed by atoms with E-state index in [1.165, 1.54) is 164 Å². The van der Waals surface area contributed by atoms with Crippen LogP contribution in [0.4, 0.5) is 0 Å². The van der Waals surface area contributed by atoms with Crippen LogP contribution in [0.15, 0.2) is 0 Å². The first kappa shape index (κ1) is 139. The quantitative estimate of drug-likeness (QED) is 0.0259. The summed E-state index contributed by atoms with van der Waals surface area (Å²) in [7, 11) is -1.22. The van der Waals surface area contributed by atoms with Gasteiger partial charge >= 0.3 is 17.1 Å². The minimum absolute atomic E-state index is 0. The molecule has 508 valence electrons. The van der Waals surface area contributed by atoms with Crippen LogP contribution in [0.25, 0.3) is 0 Å². The van der Waals surface area contributed by atoms with Crippen molar-refractivity contribution in [2.75, 3.05) is 46.2 Å². The van der Waals surface area contributed by atoms with Gasteiger partial charge in [0.05, 0.1) is 6.26 Å². The SMILES string of the molecule is C.C.C.C.C.C.C.C.C.C.C.C.CCCCCCCCC(C)CCC[Si](C)(C)O[Si](C)(C)OC.CCCCCCCC[S+](C)CCC[Si](C)(C)OC.CCCC[Si](C)(C)OC.CCCC[Si](C)(C)O[Si](C)(C)OC.[I-].[OH-].[OH-].[OH-]. The Kier molecular flexibility index (Phi) is 148. The molecule has 0 aliphatic carbocycles. The second-order valence-corrected chi connectivity index (χ2v) is 49.0. The molecule has 3 N–H and O–H groups in total. The zero-order valence-corrected chi connectivity index (χ0v) is 57.5. The average Bonchev–Trinajstić information content (AvgIpc) is 3.19. The topological polar surface area (TPSA) is 145 Å². The van der Waals surface area contributed by atoms with Crippen LogP contribution in [0.5, 0.6) is 0 Å². The summed E-state index contributed by atoms with van der Waals surface area (Å²) >= 11 is 0. The van der Waals surface area contributed by atoms with E-state index in [1.54, 1.807) is 14.2 Å². The number of hydrogen-bond acceptors (Lipinski definition) is 9. The molecule has 0 amide bonds. The Balaban J connectivity index is -0.0000000309. The highest BCUT2D eigenvalue weighted by Crippen LogP contribution is 2.25. The summed E-state index contributed by atoms with van der Waals surface area (Å²) in [4.78, 5) is 0. The van der Waals surface area contributed by atoms with E-state index in [9.17, 15) is 0 Å². The van der Waals surface area contributed by atoms with Crippen molar-refractivity contribution >= 4 is 61.3 Å². The lowest BCUT2D eigenvalue weighted by atomic mass is 9.98. The predicted octanol–water partition coefficient (Wildman–Crippen LogP) is 21.7. The smallest absolute Gasteiger partial charge is 0.321 e. The van der Waals surface area contributed by atoms with Gasteiger partial charge in [-0.25, -0.2) is 0 Å². The number of halogens is 1. The number of rotatable bonds is 36. The Morgan fingerprint density at radius 3 is 0.872 bits per heavy atom. The maximum atomic E-state index is 6.35. The van der Waals surface area contributed by atoms with Gasteiger partial charge in [0.25, 0.3) is 0 Å². The van der Waals surface area contributed by atoms with Crippen LogP contribution >= 0.6 is 0 Å². The summed E-state index contributed by atoms with van der Waals surface area (Å²) in [5.41, 5.74) is 0. The van der Waals surface area contributed by atoms with E-state index in [0.717, 1.165) is 5.92 Å². The molecule has 0 aromatic rings. The summed E-state index contributed by atoms with van der Waals surface area (Å²) < 4.78 is 34.4. The fraction of sp³-hybridized carbons (Fsp3) is 1.00. The molecule has 0 saturated carbocycles. The molecular formula is C61H170IO9SSi6-3. The van der Waals surface area contributed by atoms with Gasteiger partial charge in [0.15, 0.2) is 33.3 Å². The lowest BCUT2D eigenvalue weighted by Gasteiger charge is -2.32. The third-order valence-electron chi connectivity index (χ3n) is 12.0. The van der Waals surface area contributed by atoms with Gasteiger partial charge < -0.3 is 66.3 Å². The molecule has 0 heterocycles. The van der Waals surface area contributed by atoms with Crippen molar-refractivity contribution in [3.8, 4) is 0 Å². The van der Waals surface area contributed by atoms with Gasteiger partial charge in [-0.2, -0.15) is 0 Å². The van der Waals surface area contributed by atoms with E-state index < -0.39 is 50.4 Å². The fourth-order valence-electron chi connectivity index (χ4n) is 7.19. The van der Waals surface area contributed by atoms with Crippen LogP contribution in [-0.2, 0) is 36.8 Å². The molecule has 0 spiro atoms. The summed E-state index contributed by atoms with van der Waals surface area (Å²) in [6.07, 6.45) is 30.2. The summed E-state index contributed by atoms with van der Waals surface area (Å²) in [5, 5.41) is 0. The van der Waals surface area contributed by atoms with Crippen molar-refractivity contribution in [3.05, 3.63) is 0 Å². The first-order valence-electron chi connectivity index (χ1n) is 25.9. The highest BCUT2D eigenvalue weighted by molar-refractivity contribution is 7.96. The minimum Gasteiger partial charge on any atom is -1.00 e. The van der Waals surface area contributed by atoms with Crippen LogP contribution < -0.4 is 24.0 Å². The van der Waals surface area contributed by atoms with E-state index in [0.29, 0.717) is 10.9 Å². The fourth-order valence-corrected chi connectivity index (χ4v) is 26.0. The van der Waals surface area contributed by atoms with Crippen LogP contribution in [-0.4, -0.2) is 113 Å². The van der Waals surface area contributed by atoms with Crippen molar-refractivity contribution in [2.45, 2.75) is 355 Å². The molecule has 9 nitrogen and oxygen atoms in total. The monoisotopic (exact) mass is 1370 g/mol. The van der Waals surface area contributed by atoms with E-state index in [1.807, 2.05) is 14.2 Å². The predicted molar refractivity (Wildman–Crippen MR) is 388 cm³/mol. The van der Waals surface area contributed by atoms with E-state index >= 15 is 0 Å². The maximum absolute atomic E-state index is 6.35. The van der Waals surface area contributed by atoms with Gasteiger partial charge in [-0.3, -0.25) is 0 Å². The molecule has 2 unspecified atom stereocenters. The second kappa shape index (κ2) is 83.2. The molecule has 78 heavy (non-hydrogen) atoms. The van der Waals surface area contributed by atoms with Gasteiger partial charge in [0.2, 0.25) is 0 Å². The van der Waals surface area contributed by atoms with Gasteiger partial charge in [-0.15, -0.1) is 0 Å². The van der Waals surface area contributed by atoms with Crippen molar-refractivity contribution in [1.82, 2.24) is 0 Å². The van der Waals surface area contributed by atoms with E-state index in [-0.39, 0.29) is 130 Å². The van der Waals surface area contributed by atoms with Crippen LogP contribution in [0, 0.1) is 5.92 Å². The van der Waals surface area contributed by atoms with E-state index in [4.69, 9.17) is 25.9 Å². The molecule has 17 heteroatoms. The summed E-state index contributed by atoms with van der Waals surface area (Å²) in [5.74, 6) is 3.76. The Morgan fingerprint density at radius 1 is 0.321 bits per heavy atom. The lowest BCUT2D eigenvalue weighted by Crippen LogP contribution is -3.00. The summed E-state index contributed by atoms with van der Waals surface area (Å²) in [6, 6.07) is 5.16. The minimum atomic E-state index is -1.87. The zero-order chi connectivity index (χ0) is 48.8. The standard InChI is InChI=1S/C18H42O2Si2.C15H35OSSi.C9H24O2Si2.C7H18OSi.12CH4.HI.3H2O/c1-8-9-10-11-12-13-15-18(2)16-14-17-21(4,5)20-22(6,7)19-3;1-6-7-8-9-10-11-13-17(3)14-12-15-18(4,5)16-2;1-7-8-9-12(3,4)11-13(5,6)10-2;1-5-6-7-9(3,4)8-2;;;;;;;;;;;;;;;;/h18H,8-17H2,1-7H3;6-15H2,1-5H3;7-9H2,1-6H3;5-7H2,1-4H3;12*1H4;1H;3*1H2/q;+1;;;;;;;;;;;;;;;;;;/p-4. The Labute approximate surface area is 530 Å². The maximum Gasteiger partial charge on any atom is 0.321 e. The largest absolute Gasteiger partial charge is 1.00 e. The second-order valence-electron chi connectivity index (χ2n) is 21.7. The molecule has 0 aromatic heterocycles. The van der Waals surface area contributed by atoms with Crippen molar-refractivity contribution in [2.24, 2.45) is 5.92 Å². The molecule has 2 atom stereocenters. The Bertz CT molecular complexity index is 979. The van der Waals surface area contributed by atoms with E-state index in [2.05, 4.69) is 119 Å². The highest BCUT2D eigenvalue weighted by Gasteiger charge is 2.34. The van der Waals surface area contributed by atoms with Crippen molar-refractivity contribution < 1.29 is 66.3 Å². The molecule has 0 radical (unpaired) electrons. The van der Waals surface area contributed by atoms with Gasteiger partial charge in [-0.1, -0.05) is 233 Å². The molecule has 0 fully saturated rings. The molecule has 0 bridgehead atoms. The first-order chi connectivity index (χ1) is 28.7. The van der Waals surface area contributed by atoms with Crippen molar-refractivity contribution in [3.63, 3.8) is 0 Å². The molecule has 0 saturated heterocycles. The Hall–Kier alpha value is 2.02. The normalized spacial score (nSPS) is 10.8. The molecule has 0 aliphatic heterocycles. The van der Waals surface area contributed by atoms with Gasteiger partial charge in [-0.05, 0) is 139 Å². The average molecular weight is 1380 g/mol. The summed E-state index contributed by atoms with van der Waals surface area (Å²) in [6.45, 7) is 38.5. The van der Waals surface area contributed by atoms with Crippen LogP contribution in [0.2, 0.25) is 103 Å². The van der Waals surface area contributed by atoms with Crippen molar-refractivity contribution in [1.29, 1.82) is 0 Å².